The van der Waals surface area contributed by atoms with E-state index < -0.39 is 0 Å². The van der Waals surface area contributed by atoms with E-state index in [2.05, 4.69) is 25.5 Å². The van der Waals surface area contributed by atoms with Gasteiger partial charge in [0.25, 0.3) is 0 Å². The molecule has 1 N–H and O–H groups in total. The Hall–Kier alpha value is -1.86. The van der Waals surface area contributed by atoms with E-state index in [9.17, 15) is 4.39 Å². The average Bonchev–Trinajstić information content (AvgIpc) is 3.00. The minimum atomic E-state index is -0.224. The number of hydrogen-bond acceptors (Lipinski definition) is 5. The highest BCUT2D eigenvalue weighted by atomic mass is 19.1. The number of benzene rings is 1. The summed E-state index contributed by atoms with van der Waals surface area (Å²) in [6.07, 6.45) is 0.752. The molecule has 1 aromatic carbocycles. The maximum Gasteiger partial charge on any atom is 0.175 e. The molecule has 2 heterocycles. The van der Waals surface area contributed by atoms with E-state index in [4.69, 9.17) is 4.74 Å². The Morgan fingerprint density at radius 2 is 2.20 bits per heavy atom. The summed E-state index contributed by atoms with van der Waals surface area (Å²) in [6.45, 7) is 3.22. The number of nitrogens with one attached hydrogen (secondary N) is 1. The molecule has 0 unspecified atom stereocenters. The third kappa shape index (κ3) is 3.17. The Morgan fingerprint density at radius 3 is 2.95 bits per heavy atom. The molecule has 0 amide bonds. The van der Waals surface area contributed by atoms with Crippen molar-refractivity contribution in [2.45, 2.75) is 12.5 Å². The normalized spacial score (nSPS) is 20.1. The second-order valence-corrected chi connectivity index (χ2v) is 4.79. The number of tetrazole rings is 1. The molecule has 0 saturated carbocycles. The predicted octanol–water partition coefficient (Wildman–Crippen LogP) is 0.955. The summed E-state index contributed by atoms with van der Waals surface area (Å²) < 4.78 is 18.7. The lowest BCUT2D eigenvalue weighted by molar-refractivity contribution is -0.0297. The van der Waals surface area contributed by atoms with Gasteiger partial charge in [0.05, 0.1) is 12.7 Å². The fourth-order valence-electron chi connectivity index (χ4n) is 2.33. The Morgan fingerprint density at radius 1 is 1.35 bits per heavy atom. The van der Waals surface area contributed by atoms with Gasteiger partial charge in [-0.25, -0.2) is 4.39 Å². The van der Waals surface area contributed by atoms with Crippen molar-refractivity contribution in [2.75, 3.05) is 26.2 Å². The van der Waals surface area contributed by atoms with Crippen molar-refractivity contribution in [2.24, 2.45) is 0 Å². The van der Waals surface area contributed by atoms with Crippen molar-refractivity contribution >= 4 is 0 Å². The Balaban J connectivity index is 1.57. The molecular weight excluding hydrogens is 261 g/mol. The Kier molecular flexibility index (Phi) is 3.98. The highest BCUT2D eigenvalue weighted by Crippen LogP contribution is 2.22. The van der Waals surface area contributed by atoms with Crippen molar-refractivity contribution in [1.29, 1.82) is 0 Å². The van der Waals surface area contributed by atoms with E-state index in [1.165, 1.54) is 12.1 Å². The molecule has 1 atom stereocenters. The monoisotopic (exact) mass is 277 g/mol. The lowest BCUT2D eigenvalue weighted by atomic mass is 10.1. The smallest absolute Gasteiger partial charge is 0.175 e. The van der Waals surface area contributed by atoms with Gasteiger partial charge in [-0.15, -0.1) is 10.2 Å². The number of rotatable bonds is 4. The summed E-state index contributed by atoms with van der Waals surface area (Å²) in [5, 5.41) is 13.9. The van der Waals surface area contributed by atoms with Crippen LogP contribution in [-0.2, 0) is 11.2 Å². The summed E-state index contributed by atoms with van der Waals surface area (Å²) in [5.74, 6) is 0.494. The summed E-state index contributed by atoms with van der Waals surface area (Å²) >= 11 is 0. The van der Waals surface area contributed by atoms with E-state index in [1.54, 1.807) is 12.1 Å². The third-order valence-corrected chi connectivity index (χ3v) is 3.43. The molecule has 0 aliphatic carbocycles. The molecular formula is C13H16FN5O. The van der Waals surface area contributed by atoms with Crippen LogP contribution in [-0.4, -0.2) is 51.8 Å². The van der Waals surface area contributed by atoms with E-state index in [1.807, 2.05) is 0 Å². The van der Waals surface area contributed by atoms with Gasteiger partial charge in [-0.2, -0.15) is 5.21 Å². The lowest BCUT2D eigenvalue weighted by Gasteiger charge is -2.32. The zero-order valence-corrected chi connectivity index (χ0v) is 11.0. The summed E-state index contributed by atoms with van der Waals surface area (Å²) in [6, 6.07) is 6.50. The number of aromatic amines is 1. The number of morpholine rings is 1. The van der Waals surface area contributed by atoms with Crippen LogP contribution in [0.2, 0.25) is 0 Å². The molecule has 0 bridgehead atoms. The molecule has 106 valence electrons. The molecule has 1 aliphatic rings. The minimum absolute atomic E-state index is 0.00498. The number of halogens is 1. The molecule has 1 aliphatic heterocycles. The number of ether oxygens (including phenoxy) is 1. The van der Waals surface area contributed by atoms with Gasteiger partial charge in [0.15, 0.2) is 5.82 Å². The molecule has 0 radical (unpaired) electrons. The lowest BCUT2D eigenvalue weighted by Crippen LogP contribution is -2.39. The quantitative estimate of drug-likeness (QED) is 0.901. The summed E-state index contributed by atoms with van der Waals surface area (Å²) in [5.41, 5.74) is 1.01. The predicted molar refractivity (Wildman–Crippen MR) is 69.4 cm³/mol. The number of aromatic nitrogens is 4. The van der Waals surface area contributed by atoms with Crippen LogP contribution in [0.3, 0.4) is 0 Å². The van der Waals surface area contributed by atoms with Crippen molar-refractivity contribution in [3.63, 3.8) is 0 Å². The van der Waals surface area contributed by atoms with Crippen LogP contribution < -0.4 is 0 Å². The van der Waals surface area contributed by atoms with E-state index >= 15 is 0 Å². The molecule has 20 heavy (non-hydrogen) atoms. The van der Waals surface area contributed by atoms with E-state index in [0.29, 0.717) is 6.61 Å². The van der Waals surface area contributed by atoms with Crippen LogP contribution in [0.4, 0.5) is 4.39 Å². The van der Waals surface area contributed by atoms with Crippen LogP contribution in [0.25, 0.3) is 0 Å². The molecule has 1 fully saturated rings. The molecule has 0 spiro atoms. The first-order valence-electron chi connectivity index (χ1n) is 6.63. The maximum absolute atomic E-state index is 12.9. The SMILES string of the molecule is Fc1ccc([C@@H]2CN(CCc3nn[nH]n3)CCO2)cc1. The molecule has 2 aromatic rings. The second kappa shape index (κ2) is 6.06. The van der Waals surface area contributed by atoms with Crippen LogP contribution in [0, 0.1) is 5.82 Å². The third-order valence-electron chi connectivity index (χ3n) is 3.43. The summed E-state index contributed by atoms with van der Waals surface area (Å²) in [7, 11) is 0. The Bertz CT molecular complexity index is 530. The van der Waals surface area contributed by atoms with E-state index in [-0.39, 0.29) is 11.9 Å². The largest absolute Gasteiger partial charge is 0.371 e. The van der Waals surface area contributed by atoms with Crippen molar-refractivity contribution in [1.82, 2.24) is 25.5 Å². The van der Waals surface area contributed by atoms with E-state index in [0.717, 1.165) is 37.4 Å². The highest BCUT2D eigenvalue weighted by molar-refractivity contribution is 5.19. The fourth-order valence-corrected chi connectivity index (χ4v) is 2.33. The van der Waals surface area contributed by atoms with Gasteiger partial charge in [-0.3, -0.25) is 4.90 Å². The van der Waals surface area contributed by atoms with Crippen LogP contribution >= 0.6 is 0 Å². The molecule has 6 nitrogen and oxygen atoms in total. The van der Waals surface area contributed by atoms with Crippen LogP contribution in [0.15, 0.2) is 24.3 Å². The van der Waals surface area contributed by atoms with Crippen molar-refractivity contribution in [3.8, 4) is 0 Å². The highest BCUT2D eigenvalue weighted by Gasteiger charge is 2.22. The number of hydrogen-bond donors (Lipinski definition) is 1. The Labute approximate surface area is 115 Å². The van der Waals surface area contributed by atoms with Gasteiger partial charge in [0, 0.05) is 26.1 Å². The molecule has 7 heteroatoms. The van der Waals surface area contributed by atoms with Crippen molar-refractivity contribution < 1.29 is 9.13 Å². The van der Waals surface area contributed by atoms with Gasteiger partial charge < -0.3 is 4.74 Å². The number of H-pyrrole nitrogens is 1. The topological polar surface area (TPSA) is 66.9 Å². The van der Waals surface area contributed by atoms with Gasteiger partial charge in [0.2, 0.25) is 0 Å². The van der Waals surface area contributed by atoms with Crippen molar-refractivity contribution in [3.05, 3.63) is 41.5 Å². The zero-order valence-electron chi connectivity index (χ0n) is 11.0. The van der Waals surface area contributed by atoms with Crippen LogP contribution in [0.1, 0.15) is 17.5 Å². The first-order valence-corrected chi connectivity index (χ1v) is 6.63. The second-order valence-electron chi connectivity index (χ2n) is 4.79. The first-order chi connectivity index (χ1) is 9.81. The average molecular weight is 277 g/mol. The standard InChI is InChI=1S/C13H16FN5O/c14-11-3-1-10(2-4-11)12-9-19(7-8-20-12)6-5-13-15-17-18-16-13/h1-4,12H,5-9H2,(H,15,16,17,18)/t12-/m0/s1. The summed E-state index contributed by atoms with van der Waals surface area (Å²) in [4.78, 5) is 2.30. The van der Waals surface area contributed by atoms with Gasteiger partial charge in [-0.1, -0.05) is 17.3 Å². The number of nitrogens with zero attached hydrogens (tertiary/aromatic N) is 4. The zero-order chi connectivity index (χ0) is 13.8. The van der Waals surface area contributed by atoms with Crippen LogP contribution in [0.5, 0.6) is 0 Å². The first kappa shape index (κ1) is 13.1. The fraction of sp³-hybridized carbons (Fsp3) is 0.462. The molecule has 1 saturated heterocycles. The minimum Gasteiger partial charge on any atom is -0.371 e. The van der Waals surface area contributed by atoms with Gasteiger partial charge in [-0.05, 0) is 17.7 Å². The maximum atomic E-state index is 12.9. The molecule has 1 aromatic heterocycles. The molecule has 3 rings (SSSR count). The van der Waals surface area contributed by atoms with Gasteiger partial charge in [0.1, 0.15) is 5.82 Å². The van der Waals surface area contributed by atoms with Gasteiger partial charge >= 0.3 is 0 Å².